The standard InChI is InChI=1S/C10H12BClN2O2S2.ClH/c12-9-7(14-10(17)18-4-3-13)2-1-6-5-16-11(15)8(6)9;/h1-2,15H,3-5,13H2,(H,14,17);1H. The molecule has 4 nitrogen and oxygen atoms in total. The summed E-state index contributed by atoms with van der Waals surface area (Å²) in [5, 5.41) is 13.2. The van der Waals surface area contributed by atoms with E-state index < -0.39 is 7.12 Å². The molecule has 0 aliphatic carbocycles. The highest BCUT2D eigenvalue weighted by molar-refractivity contribution is 8.23. The average molecular weight is 339 g/mol. The molecule has 1 heterocycles. The van der Waals surface area contributed by atoms with Crippen molar-refractivity contribution >= 4 is 70.6 Å². The minimum Gasteiger partial charge on any atom is -0.423 e. The molecule has 0 saturated heterocycles. The normalized spacial score (nSPS) is 12.9. The Morgan fingerprint density at radius 1 is 1.63 bits per heavy atom. The monoisotopic (exact) mass is 338 g/mol. The lowest BCUT2D eigenvalue weighted by Crippen LogP contribution is -2.29. The second-order valence-electron chi connectivity index (χ2n) is 3.71. The fourth-order valence-electron chi connectivity index (χ4n) is 1.67. The number of rotatable bonds is 3. The van der Waals surface area contributed by atoms with E-state index in [0.717, 1.165) is 11.3 Å². The number of fused-ring (bicyclic) bond motifs is 1. The summed E-state index contributed by atoms with van der Waals surface area (Å²) < 4.78 is 5.72. The summed E-state index contributed by atoms with van der Waals surface area (Å²) in [5.41, 5.74) is 7.60. The molecule has 0 saturated carbocycles. The van der Waals surface area contributed by atoms with Gasteiger partial charge in [-0.2, -0.15) is 0 Å². The first kappa shape index (κ1) is 17.0. The molecule has 2 rings (SSSR count). The second-order valence-corrected chi connectivity index (χ2v) is 5.86. The Morgan fingerprint density at radius 3 is 3.05 bits per heavy atom. The number of anilines is 1. The lowest BCUT2D eigenvalue weighted by Gasteiger charge is -2.11. The molecular formula is C10H13BCl2N2O2S2. The maximum Gasteiger partial charge on any atom is 0.493 e. The molecule has 0 unspecified atom stereocenters. The molecule has 0 amide bonds. The highest BCUT2D eigenvalue weighted by atomic mass is 35.5. The van der Waals surface area contributed by atoms with Crippen molar-refractivity contribution in [1.29, 1.82) is 0 Å². The van der Waals surface area contributed by atoms with Gasteiger partial charge in [-0.3, -0.25) is 0 Å². The number of hydrogen-bond donors (Lipinski definition) is 3. The summed E-state index contributed by atoms with van der Waals surface area (Å²) in [6.45, 7) is 0.944. The first-order chi connectivity index (χ1) is 8.63. The van der Waals surface area contributed by atoms with Crippen LogP contribution in [0, 0.1) is 0 Å². The molecule has 0 atom stereocenters. The van der Waals surface area contributed by atoms with E-state index >= 15 is 0 Å². The van der Waals surface area contributed by atoms with Crippen LogP contribution in [0.1, 0.15) is 5.56 Å². The van der Waals surface area contributed by atoms with Crippen LogP contribution in [0.4, 0.5) is 5.69 Å². The van der Waals surface area contributed by atoms with Crippen molar-refractivity contribution in [2.45, 2.75) is 6.61 Å². The van der Waals surface area contributed by atoms with E-state index in [0.29, 0.717) is 33.6 Å². The zero-order chi connectivity index (χ0) is 13.1. The molecule has 4 N–H and O–H groups in total. The zero-order valence-electron chi connectivity index (χ0n) is 9.89. The quantitative estimate of drug-likeness (QED) is 0.571. The molecule has 0 aromatic heterocycles. The third-order valence-corrected chi connectivity index (χ3v) is 4.17. The Bertz CT molecular complexity index is 479. The van der Waals surface area contributed by atoms with E-state index in [9.17, 15) is 5.02 Å². The van der Waals surface area contributed by atoms with Gasteiger partial charge in [0.05, 0.1) is 17.3 Å². The summed E-state index contributed by atoms with van der Waals surface area (Å²) in [6.07, 6.45) is 0. The number of thiocarbonyl (C=S) groups is 1. The molecule has 19 heavy (non-hydrogen) atoms. The number of halogens is 2. The molecule has 0 bridgehead atoms. The van der Waals surface area contributed by atoms with Gasteiger partial charge in [0.1, 0.15) is 4.32 Å². The highest BCUT2D eigenvalue weighted by Gasteiger charge is 2.31. The van der Waals surface area contributed by atoms with Crippen LogP contribution < -0.4 is 16.5 Å². The Labute approximate surface area is 133 Å². The lowest BCUT2D eigenvalue weighted by atomic mass is 9.79. The fourth-order valence-corrected chi connectivity index (χ4v) is 2.84. The summed E-state index contributed by atoms with van der Waals surface area (Å²) in [4.78, 5) is 0. The van der Waals surface area contributed by atoms with Crippen molar-refractivity contribution in [3.63, 3.8) is 0 Å². The van der Waals surface area contributed by atoms with Gasteiger partial charge in [0.25, 0.3) is 0 Å². The zero-order valence-corrected chi connectivity index (χ0v) is 13.1. The second kappa shape index (κ2) is 7.68. The van der Waals surface area contributed by atoms with E-state index in [1.807, 2.05) is 12.1 Å². The van der Waals surface area contributed by atoms with Crippen LogP contribution in [0.3, 0.4) is 0 Å². The van der Waals surface area contributed by atoms with Crippen molar-refractivity contribution in [3.8, 4) is 0 Å². The maximum absolute atomic E-state index is 9.67. The van der Waals surface area contributed by atoms with Crippen LogP contribution in [-0.2, 0) is 11.3 Å². The third-order valence-electron chi connectivity index (χ3n) is 2.50. The number of hydrogen-bond acceptors (Lipinski definition) is 5. The van der Waals surface area contributed by atoms with Gasteiger partial charge in [-0.15, -0.1) is 12.4 Å². The predicted octanol–water partition coefficient (Wildman–Crippen LogP) is 1.37. The van der Waals surface area contributed by atoms with E-state index in [4.69, 9.17) is 34.2 Å². The van der Waals surface area contributed by atoms with Gasteiger partial charge in [-0.05, 0) is 11.6 Å². The molecule has 9 heteroatoms. The van der Waals surface area contributed by atoms with Gasteiger partial charge in [0, 0.05) is 17.8 Å². The Balaban J connectivity index is 0.00000180. The highest BCUT2D eigenvalue weighted by Crippen LogP contribution is 2.26. The number of thioether (sulfide) groups is 1. The Morgan fingerprint density at radius 2 is 2.37 bits per heavy atom. The van der Waals surface area contributed by atoms with E-state index in [2.05, 4.69) is 5.32 Å². The maximum atomic E-state index is 9.67. The first-order valence-corrected chi connectivity index (χ1v) is 7.15. The van der Waals surface area contributed by atoms with Crippen molar-refractivity contribution in [2.75, 3.05) is 17.6 Å². The van der Waals surface area contributed by atoms with Gasteiger partial charge in [-0.25, -0.2) is 0 Å². The topological polar surface area (TPSA) is 67.5 Å². The van der Waals surface area contributed by atoms with Crippen LogP contribution in [0.5, 0.6) is 0 Å². The molecule has 1 aromatic rings. The van der Waals surface area contributed by atoms with Crippen molar-refractivity contribution < 1.29 is 9.68 Å². The van der Waals surface area contributed by atoms with Crippen molar-refractivity contribution in [1.82, 2.24) is 0 Å². The SMILES string of the molecule is Cl.NCCSC(=S)Nc1ccc2c(c1Cl)B(O)OC2. The number of nitrogens with one attached hydrogen (secondary N) is 1. The van der Waals surface area contributed by atoms with Gasteiger partial charge in [-0.1, -0.05) is 41.6 Å². The summed E-state index contributed by atoms with van der Waals surface area (Å²) in [7, 11) is -0.959. The van der Waals surface area contributed by atoms with Crippen LogP contribution in [0.25, 0.3) is 0 Å². The van der Waals surface area contributed by atoms with Crippen LogP contribution in [0.2, 0.25) is 5.02 Å². The van der Waals surface area contributed by atoms with Gasteiger partial charge in [0.2, 0.25) is 0 Å². The van der Waals surface area contributed by atoms with E-state index in [1.165, 1.54) is 11.8 Å². The van der Waals surface area contributed by atoms with Crippen LogP contribution in [0.15, 0.2) is 12.1 Å². The molecule has 1 aliphatic heterocycles. The Hall–Kier alpha value is -0.0151. The molecule has 0 fully saturated rings. The third kappa shape index (κ3) is 3.98. The van der Waals surface area contributed by atoms with Crippen molar-refractivity contribution in [2.24, 2.45) is 5.73 Å². The number of benzene rings is 1. The molecular weight excluding hydrogens is 326 g/mol. The predicted molar refractivity (Wildman–Crippen MR) is 88.8 cm³/mol. The van der Waals surface area contributed by atoms with Gasteiger partial charge < -0.3 is 20.7 Å². The summed E-state index contributed by atoms with van der Waals surface area (Å²) in [5.74, 6) is 0.750. The van der Waals surface area contributed by atoms with E-state index in [1.54, 1.807) is 0 Å². The van der Waals surface area contributed by atoms with Gasteiger partial charge >= 0.3 is 7.12 Å². The van der Waals surface area contributed by atoms with Gasteiger partial charge in [0.15, 0.2) is 0 Å². The van der Waals surface area contributed by atoms with E-state index in [-0.39, 0.29) is 12.4 Å². The minimum absolute atomic E-state index is 0. The van der Waals surface area contributed by atoms with Crippen LogP contribution >= 0.6 is 48.0 Å². The molecule has 1 aliphatic rings. The fraction of sp³-hybridized carbons (Fsp3) is 0.300. The average Bonchev–Trinajstić information content (AvgIpc) is 2.73. The molecule has 104 valence electrons. The molecule has 0 radical (unpaired) electrons. The Kier molecular flexibility index (Phi) is 6.89. The minimum atomic E-state index is -0.959. The van der Waals surface area contributed by atoms with Crippen molar-refractivity contribution in [3.05, 3.63) is 22.7 Å². The summed E-state index contributed by atoms with van der Waals surface area (Å²) >= 11 is 12.9. The van der Waals surface area contributed by atoms with Crippen LogP contribution in [-0.4, -0.2) is 28.8 Å². The largest absolute Gasteiger partial charge is 0.493 e. The smallest absolute Gasteiger partial charge is 0.423 e. The lowest BCUT2D eigenvalue weighted by molar-refractivity contribution is 0.275. The number of nitrogens with two attached hydrogens (primary N) is 1. The molecule has 1 aromatic carbocycles. The first-order valence-electron chi connectivity index (χ1n) is 5.38. The summed E-state index contributed by atoms with van der Waals surface area (Å²) in [6, 6.07) is 3.70. The molecule has 0 spiro atoms.